The van der Waals surface area contributed by atoms with E-state index in [-0.39, 0.29) is 23.0 Å². The molecule has 34 heavy (non-hydrogen) atoms. The zero-order valence-corrected chi connectivity index (χ0v) is 20.9. The van der Waals surface area contributed by atoms with Crippen LogP contribution in [0.4, 0.5) is 0 Å². The Morgan fingerprint density at radius 3 is 2.47 bits per heavy atom. The van der Waals surface area contributed by atoms with Crippen LogP contribution in [-0.2, 0) is 6.54 Å². The Morgan fingerprint density at radius 1 is 1.12 bits per heavy atom. The lowest BCUT2D eigenvalue weighted by molar-refractivity contribution is 0.0952. The number of thioether (sulfide) groups is 1. The van der Waals surface area contributed by atoms with Crippen molar-refractivity contribution in [1.82, 2.24) is 14.9 Å². The van der Waals surface area contributed by atoms with Crippen molar-refractivity contribution in [2.45, 2.75) is 45.3 Å². The van der Waals surface area contributed by atoms with Gasteiger partial charge in [-0.15, -0.1) is 0 Å². The first-order chi connectivity index (χ1) is 16.3. The summed E-state index contributed by atoms with van der Waals surface area (Å²) < 4.78 is 6.79. The largest absolute Gasteiger partial charge is 0.497 e. The summed E-state index contributed by atoms with van der Waals surface area (Å²) >= 11 is 1.24. The van der Waals surface area contributed by atoms with Crippen LogP contribution in [0.1, 0.15) is 54.3 Å². The number of Topliss-reactive ketones (excluding diaryl/α,β-unsaturated/α-hetero) is 1. The lowest BCUT2D eigenvalue weighted by Crippen LogP contribution is -2.26. The molecule has 0 radical (unpaired) electrons. The number of ketones is 1. The molecule has 3 aromatic rings. The number of methoxy groups -OCH3 is 1. The molecule has 0 spiro atoms. The molecule has 1 N–H and O–H groups in total. The highest BCUT2D eigenvalue weighted by Crippen LogP contribution is 2.22. The van der Waals surface area contributed by atoms with Gasteiger partial charge in [0, 0.05) is 24.2 Å². The molecule has 0 aliphatic rings. The Labute approximate surface area is 203 Å². The molecule has 1 amide bonds. The molecule has 0 aliphatic heterocycles. The Bertz CT molecular complexity index is 1220. The minimum absolute atomic E-state index is 0.0647. The summed E-state index contributed by atoms with van der Waals surface area (Å²) in [5.74, 6) is 0.971. The van der Waals surface area contributed by atoms with Crippen molar-refractivity contribution in [2.75, 3.05) is 19.4 Å². The third-order valence-electron chi connectivity index (χ3n) is 5.39. The van der Waals surface area contributed by atoms with E-state index in [2.05, 4.69) is 19.2 Å². The van der Waals surface area contributed by atoms with Crippen LogP contribution in [-0.4, -0.2) is 40.6 Å². The second-order valence-corrected chi connectivity index (χ2v) is 9.40. The van der Waals surface area contributed by atoms with Crippen LogP contribution in [0.2, 0.25) is 0 Å². The van der Waals surface area contributed by atoms with Gasteiger partial charge in [-0.3, -0.25) is 19.0 Å². The molecule has 1 heterocycles. The average Bonchev–Trinajstić information content (AvgIpc) is 2.84. The Hall–Kier alpha value is -3.13. The predicted molar refractivity (Wildman–Crippen MR) is 136 cm³/mol. The molecule has 0 unspecified atom stereocenters. The van der Waals surface area contributed by atoms with Gasteiger partial charge >= 0.3 is 0 Å². The Morgan fingerprint density at radius 2 is 1.82 bits per heavy atom. The van der Waals surface area contributed by atoms with E-state index in [0.717, 1.165) is 12.8 Å². The minimum atomic E-state index is -0.196. The van der Waals surface area contributed by atoms with Gasteiger partial charge in [-0.1, -0.05) is 32.5 Å². The average molecular weight is 482 g/mol. The van der Waals surface area contributed by atoms with Crippen LogP contribution in [0.3, 0.4) is 0 Å². The number of amides is 1. The van der Waals surface area contributed by atoms with Crippen molar-refractivity contribution in [3.63, 3.8) is 0 Å². The number of fused-ring (bicyclic) bond motifs is 1. The lowest BCUT2D eigenvalue weighted by atomic mass is 10.1. The fourth-order valence-electron chi connectivity index (χ4n) is 3.37. The van der Waals surface area contributed by atoms with E-state index >= 15 is 0 Å². The van der Waals surface area contributed by atoms with Crippen molar-refractivity contribution in [3.05, 3.63) is 63.9 Å². The summed E-state index contributed by atoms with van der Waals surface area (Å²) in [7, 11) is 1.58. The van der Waals surface area contributed by atoms with Crippen molar-refractivity contribution < 1.29 is 14.3 Å². The maximum absolute atomic E-state index is 13.3. The maximum Gasteiger partial charge on any atom is 0.262 e. The summed E-state index contributed by atoms with van der Waals surface area (Å²) in [5.41, 5.74) is 1.32. The highest BCUT2D eigenvalue weighted by atomic mass is 32.2. The van der Waals surface area contributed by atoms with Gasteiger partial charge in [0.2, 0.25) is 0 Å². The van der Waals surface area contributed by atoms with Crippen molar-refractivity contribution >= 4 is 34.4 Å². The molecule has 1 aromatic heterocycles. The second kappa shape index (κ2) is 11.8. The molecule has 3 rings (SSSR count). The number of ether oxygens (including phenoxy) is 1. The summed E-state index contributed by atoms with van der Waals surface area (Å²) in [5, 5.41) is 3.78. The Balaban J connectivity index is 1.93. The van der Waals surface area contributed by atoms with Gasteiger partial charge in [-0.05, 0) is 61.2 Å². The highest BCUT2D eigenvalue weighted by molar-refractivity contribution is 7.99. The monoisotopic (exact) mass is 481 g/mol. The number of benzene rings is 2. The molecule has 0 atom stereocenters. The van der Waals surface area contributed by atoms with Crippen LogP contribution in [0.25, 0.3) is 10.9 Å². The molecule has 180 valence electrons. The van der Waals surface area contributed by atoms with E-state index in [1.807, 2.05) is 6.92 Å². The molecule has 0 saturated carbocycles. The van der Waals surface area contributed by atoms with E-state index in [1.54, 1.807) is 54.1 Å². The van der Waals surface area contributed by atoms with Crippen LogP contribution in [0.5, 0.6) is 5.75 Å². The molecule has 7 nitrogen and oxygen atoms in total. The highest BCUT2D eigenvalue weighted by Gasteiger charge is 2.16. The van der Waals surface area contributed by atoms with E-state index in [9.17, 15) is 14.4 Å². The zero-order chi connectivity index (χ0) is 24.7. The molecule has 0 bridgehead atoms. The van der Waals surface area contributed by atoms with Gasteiger partial charge in [0.15, 0.2) is 10.9 Å². The third-order valence-corrected chi connectivity index (χ3v) is 6.37. The van der Waals surface area contributed by atoms with Gasteiger partial charge in [-0.2, -0.15) is 0 Å². The zero-order valence-electron chi connectivity index (χ0n) is 20.1. The van der Waals surface area contributed by atoms with Gasteiger partial charge < -0.3 is 10.1 Å². The fourth-order valence-corrected chi connectivity index (χ4v) is 4.29. The number of hydrogen-bond acceptors (Lipinski definition) is 6. The maximum atomic E-state index is 13.3. The molecule has 2 aromatic carbocycles. The number of hydrogen-bond donors (Lipinski definition) is 1. The molecule has 0 saturated heterocycles. The molecule has 0 fully saturated rings. The first-order valence-electron chi connectivity index (χ1n) is 11.5. The third kappa shape index (κ3) is 6.26. The number of nitrogens with zero attached hydrogens (tertiary/aromatic N) is 2. The smallest absolute Gasteiger partial charge is 0.262 e. The van der Waals surface area contributed by atoms with E-state index in [1.165, 1.54) is 11.8 Å². The normalized spacial score (nSPS) is 11.1. The summed E-state index contributed by atoms with van der Waals surface area (Å²) in [6.07, 6.45) is 1.64. The Kier molecular flexibility index (Phi) is 8.87. The molecular formula is C26H31N3O4S. The first-order valence-corrected chi connectivity index (χ1v) is 12.5. The summed E-state index contributed by atoms with van der Waals surface area (Å²) in [6, 6.07) is 11.9. The standard InChI is InChI=1S/C26H31N3O4S/c1-5-13-27-24(31)19-8-11-21-22(15-19)28-26(29(25(21)32)14-12-17(2)3)34-16-23(30)18-6-9-20(33-4)10-7-18/h6-11,15,17H,5,12-14,16H2,1-4H3,(H,27,31). The van der Waals surface area contributed by atoms with Crippen LogP contribution < -0.4 is 15.6 Å². The van der Waals surface area contributed by atoms with Crippen molar-refractivity contribution in [1.29, 1.82) is 0 Å². The van der Waals surface area contributed by atoms with Gasteiger partial charge in [0.1, 0.15) is 5.75 Å². The summed E-state index contributed by atoms with van der Waals surface area (Å²) in [4.78, 5) is 43.2. The van der Waals surface area contributed by atoms with Gasteiger partial charge in [0.25, 0.3) is 11.5 Å². The SMILES string of the molecule is CCCNC(=O)c1ccc2c(=O)n(CCC(C)C)c(SCC(=O)c3ccc(OC)cc3)nc2c1. The van der Waals surface area contributed by atoms with E-state index in [4.69, 9.17) is 9.72 Å². The molecule has 8 heteroatoms. The van der Waals surface area contributed by atoms with Crippen LogP contribution in [0, 0.1) is 5.92 Å². The molecule has 0 aliphatic carbocycles. The van der Waals surface area contributed by atoms with Crippen LogP contribution >= 0.6 is 11.8 Å². The number of aromatic nitrogens is 2. The molecular weight excluding hydrogens is 450 g/mol. The number of carbonyl (C=O) groups is 2. The topological polar surface area (TPSA) is 90.3 Å². The lowest BCUT2D eigenvalue weighted by Gasteiger charge is -2.14. The van der Waals surface area contributed by atoms with Gasteiger partial charge in [-0.25, -0.2) is 4.98 Å². The predicted octanol–water partition coefficient (Wildman–Crippen LogP) is 4.57. The van der Waals surface area contributed by atoms with Gasteiger partial charge in [0.05, 0.1) is 23.8 Å². The number of rotatable bonds is 11. The van der Waals surface area contributed by atoms with E-state index < -0.39 is 0 Å². The number of carbonyl (C=O) groups excluding carboxylic acids is 2. The quantitative estimate of drug-likeness (QED) is 0.245. The number of nitrogens with one attached hydrogen (secondary N) is 1. The minimum Gasteiger partial charge on any atom is -0.497 e. The van der Waals surface area contributed by atoms with Crippen LogP contribution in [0.15, 0.2) is 52.4 Å². The van der Waals surface area contributed by atoms with Crippen molar-refractivity contribution in [3.8, 4) is 5.75 Å². The van der Waals surface area contributed by atoms with E-state index in [0.29, 0.717) is 51.9 Å². The van der Waals surface area contributed by atoms with Crippen molar-refractivity contribution in [2.24, 2.45) is 5.92 Å². The summed E-state index contributed by atoms with van der Waals surface area (Å²) in [6.45, 7) is 7.27. The first kappa shape index (κ1) is 25.5. The fraction of sp³-hybridized carbons (Fsp3) is 0.385. The second-order valence-electron chi connectivity index (χ2n) is 8.46.